The Labute approximate surface area is 214 Å². The Morgan fingerprint density at radius 2 is 1.97 bits per heavy atom. The van der Waals surface area contributed by atoms with Crippen LogP contribution in [0.2, 0.25) is 0 Å². The molecule has 1 atom stereocenters. The first-order valence-electron chi connectivity index (χ1n) is 12.8. The molecule has 2 aliphatic rings. The van der Waals surface area contributed by atoms with Crippen molar-refractivity contribution in [2.45, 2.75) is 39.7 Å². The van der Waals surface area contributed by atoms with Gasteiger partial charge in [-0.25, -0.2) is 14.4 Å². The number of urea groups is 2. The molecule has 3 rings (SSSR count). The van der Waals surface area contributed by atoms with Gasteiger partial charge in [0.15, 0.2) is 0 Å². The molecular formula is C27H39N5O4. The molecule has 2 N–H and O–H groups in total. The molecule has 4 amide bonds. The van der Waals surface area contributed by atoms with Gasteiger partial charge >= 0.3 is 18.0 Å². The molecule has 1 aromatic carbocycles. The number of hydrogen-bond acceptors (Lipinski definition) is 5. The molecule has 2 aliphatic heterocycles. The second-order valence-electron chi connectivity index (χ2n) is 9.07. The Morgan fingerprint density at radius 3 is 2.67 bits per heavy atom. The fraction of sp³-hybridized carbons (Fsp3) is 0.519. The van der Waals surface area contributed by atoms with Gasteiger partial charge in [0.25, 0.3) is 0 Å². The van der Waals surface area contributed by atoms with Gasteiger partial charge in [0.1, 0.15) is 0 Å². The van der Waals surface area contributed by atoms with E-state index in [9.17, 15) is 14.4 Å². The molecule has 196 valence electrons. The number of nitrogens with one attached hydrogen (secondary N) is 2. The van der Waals surface area contributed by atoms with Crippen LogP contribution in [-0.4, -0.2) is 85.2 Å². The van der Waals surface area contributed by atoms with Crippen LogP contribution in [0.4, 0.5) is 9.59 Å². The summed E-state index contributed by atoms with van der Waals surface area (Å²) in [6.45, 7) is 13.7. The van der Waals surface area contributed by atoms with Gasteiger partial charge in [-0.05, 0) is 37.8 Å². The highest BCUT2D eigenvalue weighted by molar-refractivity contribution is 5.95. The van der Waals surface area contributed by atoms with Gasteiger partial charge in [-0.15, -0.1) is 6.58 Å². The van der Waals surface area contributed by atoms with E-state index in [4.69, 9.17) is 4.74 Å². The zero-order valence-electron chi connectivity index (χ0n) is 21.7. The third kappa shape index (κ3) is 6.46. The van der Waals surface area contributed by atoms with E-state index in [2.05, 4.69) is 22.1 Å². The summed E-state index contributed by atoms with van der Waals surface area (Å²) in [5.41, 5.74) is 2.90. The van der Waals surface area contributed by atoms with E-state index in [1.807, 2.05) is 43.0 Å². The predicted molar refractivity (Wildman–Crippen MR) is 139 cm³/mol. The van der Waals surface area contributed by atoms with Crippen LogP contribution in [0.1, 0.15) is 43.9 Å². The summed E-state index contributed by atoms with van der Waals surface area (Å²) in [6.07, 6.45) is 3.34. The summed E-state index contributed by atoms with van der Waals surface area (Å²) in [5.74, 6) is -0.440. The van der Waals surface area contributed by atoms with Crippen LogP contribution >= 0.6 is 0 Å². The molecule has 0 bridgehead atoms. The molecule has 0 aromatic heterocycles. The zero-order valence-corrected chi connectivity index (χ0v) is 21.7. The number of carbonyl (C=O) groups excluding carboxylic acids is 3. The second kappa shape index (κ2) is 13.1. The van der Waals surface area contributed by atoms with Crippen LogP contribution in [0, 0.1) is 6.92 Å². The highest BCUT2D eigenvalue weighted by Gasteiger charge is 2.39. The first-order valence-corrected chi connectivity index (χ1v) is 12.8. The van der Waals surface area contributed by atoms with E-state index in [0.29, 0.717) is 44.0 Å². The molecule has 1 fully saturated rings. The fourth-order valence-corrected chi connectivity index (χ4v) is 4.68. The Morgan fingerprint density at radius 1 is 1.19 bits per heavy atom. The van der Waals surface area contributed by atoms with Crippen molar-refractivity contribution in [2.24, 2.45) is 0 Å². The molecule has 1 aromatic rings. The van der Waals surface area contributed by atoms with Crippen molar-refractivity contribution in [3.63, 3.8) is 0 Å². The number of esters is 1. The van der Waals surface area contributed by atoms with Crippen molar-refractivity contribution >= 4 is 18.0 Å². The van der Waals surface area contributed by atoms with Crippen LogP contribution in [0.15, 0.2) is 48.2 Å². The van der Waals surface area contributed by atoms with Gasteiger partial charge in [-0.1, -0.05) is 37.3 Å². The topological polar surface area (TPSA) is 94.2 Å². The second-order valence-corrected chi connectivity index (χ2v) is 9.07. The lowest BCUT2D eigenvalue weighted by atomic mass is 9.91. The molecule has 1 saturated heterocycles. The van der Waals surface area contributed by atoms with Gasteiger partial charge in [0, 0.05) is 51.5 Å². The van der Waals surface area contributed by atoms with Crippen LogP contribution in [0.3, 0.4) is 0 Å². The number of ether oxygens (including phenoxy) is 1. The predicted octanol–water partition coefficient (Wildman–Crippen LogP) is 3.19. The normalized spacial score (nSPS) is 19.0. The molecule has 0 saturated carbocycles. The number of hydrogen-bond donors (Lipinski definition) is 2. The van der Waals surface area contributed by atoms with Crippen LogP contribution < -0.4 is 10.6 Å². The first kappa shape index (κ1) is 27.3. The monoisotopic (exact) mass is 497 g/mol. The Hall–Kier alpha value is -3.33. The Balaban J connectivity index is 1.96. The largest absolute Gasteiger partial charge is 0.463 e. The molecule has 9 heteroatoms. The number of carbonyl (C=O) groups is 3. The summed E-state index contributed by atoms with van der Waals surface area (Å²) < 4.78 is 5.48. The smallest absolute Gasteiger partial charge is 0.338 e. The zero-order chi connectivity index (χ0) is 26.1. The molecule has 36 heavy (non-hydrogen) atoms. The van der Waals surface area contributed by atoms with E-state index >= 15 is 0 Å². The molecule has 0 radical (unpaired) electrons. The lowest BCUT2D eigenvalue weighted by molar-refractivity contribution is -0.139. The first-order chi connectivity index (χ1) is 17.4. The SMILES string of the molecule is C=CCN1C(=O)NC(c2ccccc2C)C(C(=O)OCC)=C1CN1CCCN(C(=O)NCCC)CC1. The molecule has 1 unspecified atom stereocenters. The summed E-state index contributed by atoms with van der Waals surface area (Å²) in [6, 6.07) is 6.79. The standard InChI is InChI=1S/C27H39N5O4/c1-5-13-28-26(34)31-16-10-15-30(17-18-31)19-22-23(25(33)36-7-3)24(21-12-9-8-11-20(21)4)29-27(35)32(22)14-6-2/h6,8-9,11-12,24H,2,5,7,10,13-19H2,1,3-4H3,(H,28,34)(H,29,35). The maximum atomic E-state index is 13.3. The third-order valence-corrected chi connectivity index (χ3v) is 6.52. The van der Waals surface area contributed by atoms with Gasteiger partial charge in [-0.3, -0.25) is 9.80 Å². The number of nitrogens with zero attached hydrogens (tertiary/aromatic N) is 3. The average molecular weight is 498 g/mol. The number of aryl methyl sites for hydroxylation is 1. The number of benzene rings is 1. The van der Waals surface area contributed by atoms with Gasteiger partial charge < -0.3 is 20.3 Å². The molecule has 9 nitrogen and oxygen atoms in total. The van der Waals surface area contributed by atoms with E-state index in [-0.39, 0.29) is 25.2 Å². The van der Waals surface area contributed by atoms with Crippen molar-refractivity contribution in [3.8, 4) is 0 Å². The fourth-order valence-electron chi connectivity index (χ4n) is 4.68. The average Bonchev–Trinajstić information content (AvgIpc) is 3.10. The van der Waals surface area contributed by atoms with E-state index in [1.54, 1.807) is 17.9 Å². The van der Waals surface area contributed by atoms with Crippen molar-refractivity contribution in [1.82, 2.24) is 25.3 Å². The van der Waals surface area contributed by atoms with Crippen molar-refractivity contribution < 1.29 is 19.1 Å². The number of rotatable bonds is 9. The maximum Gasteiger partial charge on any atom is 0.338 e. The summed E-state index contributed by atoms with van der Waals surface area (Å²) in [4.78, 5) is 44.7. The summed E-state index contributed by atoms with van der Waals surface area (Å²) in [7, 11) is 0. The summed E-state index contributed by atoms with van der Waals surface area (Å²) in [5, 5.41) is 5.97. The third-order valence-electron chi connectivity index (χ3n) is 6.52. The minimum Gasteiger partial charge on any atom is -0.463 e. The lowest BCUT2D eigenvalue weighted by Crippen LogP contribution is -2.51. The molecule has 0 aliphatic carbocycles. The van der Waals surface area contributed by atoms with Crippen LogP contribution in [-0.2, 0) is 9.53 Å². The maximum absolute atomic E-state index is 13.3. The van der Waals surface area contributed by atoms with Gasteiger partial charge in [0.05, 0.1) is 18.2 Å². The molecular weight excluding hydrogens is 458 g/mol. The van der Waals surface area contributed by atoms with Crippen molar-refractivity contribution in [3.05, 3.63) is 59.3 Å². The van der Waals surface area contributed by atoms with Crippen molar-refractivity contribution in [2.75, 3.05) is 52.4 Å². The van der Waals surface area contributed by atoms with Crippen LogP contribution in [0.5, 0.6) is 0 Å². The Kier molecular flexibility index (Phi) is 9.93. The quantitative estimate of drug-likeness (QED) is 0.404. The van der Waals surface area contributed by atoms with Crippen molar-refractivity contribution in [1.29, 1.82) is 0 Å². The van der Waals surface area contributed by atoms with E-state index in [1.165, 1.54) is 0 Å². The minimum atomic E-state index is -0.614. The molecule has 2 heterocycles. The minimum absolute atomic E-state index is 0.0462. The van der Waals surface area contributed by atoms with Gasteiger partial charge in [-0.2, -0.15) is 0 Å². The highest BCUT2D eigenvalue weighted by Crippen LogP contribution is 2.33. The van der Waals surface area contributed by atoms with E-state index < -0.39 is 12.0 Å². The molecule has 0 spiro atoms. The van der Waals surface area contributed by atoms with Crippen LogP contribution in [0.25, 0.3) is 0 Å². The number of amides is 4. The lowest BCUT2D eigenvalue weighted by Gasteiger charge is -2.38. The van der Waals surface area contributed by atoms with Gasteiger partial charge in [0.2, 0.25) is 0 Å². The summed E-state index contributed by atoms with van der Waals surface area (Å²) >= 11 is 0. The van der Waals surface area contributed by atoms with E-state index in [0.717, 1.165) is 30.5 Å². The Bertz CT molecular complexity index is 992. The highest BCUT2D eigenvalue weighted by atomic mass is 16.5.